The maximum atomic E-state index is 13.5. The summed E-state index contributed by atoms with van der Waals surface area (Å²) in [4.78, 5) is 16.0. The average Bonchev–Trinajstić information content (AvgIpc) is 2.41. The number of aromatic nitrogens is 1. The normalized spacial score (nSPS) is 10.2. The number of hydrogen-bond donors (Lipinski definition) is 2. The fourth-order valence-electron chi connectivity index (χ4n) is 1.53. The van der Waals surface area contributed by atoms with Crippen molar-refractivity contribution in [2.24, 2.45) is 0 Å². The molecule has 0 unspecified atom stereocenters. The minimum absolute atomic E-state index is 0.0772. The summed E-state index contributed by atoms with van der Waals surface area (Å²) in [5, 5.41) is 2.56. The lowest BCUT2D eigenvalue weighted by Crippen LogP contribution is -2.14. The standard InChI is InChI=1S/C13H11BrFN3O2/c1-20-11-3-2-7(4-10(11)15)13(19)18-12-9(14)5-8(16)6-17-12/h2-6H,16H2,1H3,(H,17,18,19). The van der Waals surface area contributed by atoms with Crippen molar-refractivity contribution in [1.29, 1.82) is 0 Å². The van der Waals surface area contributed by atoms with Gasteiger partial charge >= 0.3 is 0 Å². The number of amides is 1. The zero-order chi connectivity index (χ0) is 14.7. The van der Waals surface area contributed by atoms with Crippen molar-refractivity contribution in [2.75, 3.05) is 18.2 Å². The quantitative estimate of drug-likeness (QED) is 0.901. The first-order valence-electron chi connectivity index (χ1n) is 5.57. The topological polar surface area (TPSA) is 77.2 Å². The van der Waals surface area contributed by atoms with Gasteiger partial charge in [-0.25, -0.2) is 9.37 Å². The van der Waals surface area contributed by atoms with Crippen LogP contribution >= 0.6 is 15.9 Å². The van der Waals surface area contributed by atoms with Crippen LogP contribution in [0.25, 0.3) is 0 Å². The van der Waals surface area contributed by atoms with Gasteiger partial charge in [-0.3, -0.25) is 4.79 Å². The second-order valence-corrected chi connectivity index (χ2v) is 4.76. The molecule has 104 valence electrons. The van der Waals surface area contributed by atoms with Crippen molar-refractivity contribution in [3.05, 3.63) is 46.3 Å². The molecular formula is C13H11BrFN3O2. The largest absolute Gasteiger partial charge is 0.494 e. The Bertz CT molecular complexity index is 664. The van der Waals surface area contributed by atoms with Crippen molar-refractivity contribution >= 4 is 33.3 Å². The van der Waals surface area contributed by atoms with Crippen molar-refractivity contribution in [3.63, 3.8) is 0 Å². The predicted octanol–water partition coefficient (Wildman–Crippen LogP) is 2.83. The molecule has 1 amide bonds. The monoisotopic (exact) mass is 339 g/mol. The summed E-state index contributed by atoms with van der Waals surface area (Å²) in [5.74, 6) is -0.706. The Morgan fingerprint density at radius 3 is 2.80 bits per heavy atom. The summed E-state index contributed by atoms with van der Waals surface area (Å²) in [7, 11) is 1.35. The van der Waals surface area contributed by atoms with E-state index in [0.29, 0.717) is 16.0 Å². The van der Waals surface area contributed by atoms with Crippen molar-refractivity contribution in [2.45, 2.75) is 0 Å². The van der Waals surface area contributed by atoms with Crippen LogP contribution in [0, 0.1) is 5.82 Å². The van der Waals surface area contributed by atoms with E-state index in [2.05, 4.69) is 26.2 Å². The zero-order valence-corrected chi connectivity index (χ0v) is 12.1. The number of benzene rings is 1. The molecule has 0 aliphatic heterocycles. The maximum Gasteiger partial charge on any atom is 0.256 e. The number of pyridine rings is 1. The van der Waals surface area contributed by atoms with Gasteiger partial charge < -0.3 is 15.8 Å². The maximum absolute atomic E-state index is 13.5. The molecule has 0 aliphatic rings. The number of nitrogen functional groups attached to an aromatic ring is 1. The van der Waals surface area contributed by atoms with E-state index < -0.39 is 11.7 Å². The molecule has 0 fully saturated rings. The number of carbonyl (C=O) groups is 1. The number of nitrogens with two attached hydrogens (primary N) is 1. The molecule has 0 radical (unpaired) electrons. The third kappa shape index (κ3) is 3.05. The molecule has 1 aromatic heterocycles. The van der Waals surface area contributed by atoms with E-state index in [4.69, 9.17) is 10.5 Å². The zero-order valence-electron chi connectivity index (χ0n) is 10.5. The highest BCUT2D eigenvalue weighted by Crippen LogP contribution is 2.23. The third-order valence-electron chi connectivity index (χ3n) is 2.51. The summed E-state index contributed by atoms with van der Waals surface area (Å²) in [6, 6.07) is 5.55. The Balaban J connectivity index is 2.21. The van der Waals surface area contributed by atoms with Gasteiger partial charge in [-0.2, -0.15) is 0 Å². The van der Waals surface area contributed by atoms with E-state index in [9.17, 15) is 9.18 Å². The van der Waals surface area contributed by atoms with Crippen LogP contribution in [0.4, 0.5) is 15.9 Å². The molecule has 2 rings (SSSR count). The van der Waals surface area contributed by atoms with Gasteiger partial charge in [0.1, 0.15) is 5.82 Å². The van der Waals surface area contributed by atoms with Crippen molar-refractivity contribution in [1.82, 2.24) is 4.98 Å². The van der Waals surface area contributed by atoms with Crippen LogP contribution in [0.15, 0.2) is 34.9 Å². The number of ether oxygens (including phenoxy) is 1. The molecule has 0 saturated carbocycles. The molecule has 0 spiro atoms. The van der Waals surface area contributed by atoms with Crippen LogP contribution < -0.4 is 15.8 Å². The first-order chi connectivity index (χ1) is 9.51. The fourth-order valence-corrected chi connectivity index (χ4v) is 2.00. The Morgan fingerprint density at radius 1 is 1.45 bits per heavy atom. The average molecular weight is 340 g/mol. The molecule has 0 aliphatic carbocycles. The molecule has 3 N–H and O–H groups in total. The van der Waals surface area contributed by atoms with Gasteiger partial charge in [-0.05, 0) is 40.2 Å². The third-order valence-corrected chi connectivity index (χ3v) is 3.11. The van der Waals surface area contributed by atoms with E-state index in [0.717, 1.165) is 6.07 Å². The molecule has 1 heterocycles. The predicted molar refractivity (Wildman–Crippen MR) is 77.3 cm³/mol. The highest BCUT2D eigenvalue weighted by Gasteiger charge is 2.12. The van der Waals surface area contributed by atoms with Gasteiger partial charge in [0, 0.05) is 5.56 Å². The minimum atomic E-state index is -0.607. The highest BCUT2D eigenvalue weighted by atomic mass is 79.9. The summed E-state index contributed by atoms with van der Waals surface area (Å²) >= 11 is 3.23. The van der Waals surface area contributed by atoms with Crippen molar-refractivity contribution < 1.29 is 13.9 Å². The van der Waals surface area contributed by atoms with Crippen LogP contribution in [0.3, 0.4) is 0 Å². The number of nitrogens with zero attached hydrogens (tertiary/aromatic N) is 1. The lowest BCUT2D eigenvalue weighted by Gasteiger charge is -2.08. The second kappa shape index (κ2) is 5.87. The Hall–Kier alpha value is -2.15. The number of nitrogens with one attached hydrogen (secondary N) is 1. The molecule has 0 atom stereocenters. The van der Waals surface area contributed by atoms with E-state index in [1.807, 2.05) is 0 Å². The van der Waals surface area contributed by atoms with Gasteiger partial charge in [-0.1, -0.05) is 0 Å². The van der Waals surface area contributed by atoms with Crippen LogP contribution in [-0.4, -0.2) is 18.0 Å². The highest BCUT2D eigenvalue weighted by molar-refractivity contribution is 9.10. The van der Waals surface area contributed by atoms with E-state index in [1.165, 1.54) is 25.4 Å². The summed E-state index contributed by atoms with van der Waals surface area (Å²) in [5.41, 5.74) is 6.18. The smallest absolute Gasteiger partial charge is 0.256 e. The molecular weight excluding hydrogens is 329 g/mol. The van der Waals surface area contributed by atoms with Crippen LogP contribution in [0.2, 0.25) is 0 Å². The number of rotatable bonds is 3. The minimum Gasteiger partial charge on any atom is -0.494 e. The molecule has 0 bridgehead atoms. The Morgan fingerprint density at radius 2 is 2.20 bits per heavy atom. The van der Waals surface area contributed by atoms with Gasteiger partial charge in [0.05, 0.1) is 23.5 Å². The summed E-state index contributed by atoms with van der Waals surface area (Å²) in [6.45, 7) is 0. The van der Waals surface area contributed by atoms with E-state index in [-0.39, 0.29) is 11.3 Å². The van der Waals surface area contributed by atoms with Gasteiger partial charge in [0.15, 0.2) is 11.6 Å². The van der Waals surface area contributed by atoms with Gasteiger partial charge in [0.25, 0.3) is 5.91 Å². The molecule has 2 aromatic rings. The number of carbonyl (C=O) groups excluding carboxylic acids is 1. The SMILES string of the molecule is COc1ccc(C(=O)Nc2ncc(N)cc2Br)cc1F. The van der Waals surface area contributed by atoms with Crippen LogP contribution in [0.1, 0.15) is 10.4 Å². The lowest BCUT2D eigenvalue weighted by molar-refractivity contribution is 0.102. The van der Waals surface area contributed by atoms with Crippen LogP contribution in [0.5, 0.6) is 5.75 Å². The van der Waals surface area contributed by atoms with E-state index in [1.54, 1.807) is 6.07 Å². The number of methoxy groups -OCH3 is 1. The van der Waals surface area contributed by atoms with Gasteiger partial charge in [-0.15, -0.1) is 0 Å². The molecule has 0 saturated heterocycles. The molecule has 7 heteroatoms. The molecule has 5 nitrogen and oxygen atoms in total. The van der Waals surface area contributed by atoms with Crippen LogP contribution in [-0.2, 0) is 0 Å². The lowest BCUT2D eigenvalue weighted by atomic mass is 10.2. The fraction of sp³-hybridized carbons (Fsp3) is 0.0769. The van der Waals surface area contributed by atoms with Crippen molar-refractivity contribution in [3.8, 4) is 5.75 Å². The molecule has 20 heavy (non-hydrogen) atoms. The number of halogens is 2. The summed E-state index contributed by atoms with van der Waals surface area (Å²) in [6.07, 6.45) is 1.41. The number of hydrogen-bond acceptors (Lipinski definition) is 4. The first-order valence-corrected chi connectivity index (χ1v) is 6.36. The summed E-state index contributed by atoms with van der Waals surface area (Å²) < 4.78 is 18.9. The first kappa shape index (κ1) is 14.3. The van der Waals surface area contributed by atoms with Gasteiger partial charge in [0.2, 0.25) is 0 Å². The van der Waals surface area contributed by atoms with E-state index >= 15 is 0 Å². The number of anilines is 2. The second-order valence-electron chi connectivity index (χ2n) is 3.90. The molecule has 1 aromatic carbocycles. The Labute approximate surface area is 123 Å². The Kier molecular flexibility index (Phi) is 4.19.